The molecule has 1 aromatic rings. The zero-order chi connectivity index (χ0) is 15.5. The number of alkyl halides is 3. The number of hydrogen-bond acceptors (Lipinski definition) is 1. The maximum atomic E-state index is 12.8. The Labute approximate surface area is 128 Å². The van der Waals surface area contributed by atoms with Crippen molar-refractivity contribution in [3.63, 3.8) is 0 Å². The van der Waals surface area contributed by atoms with Gasteiger partial charge < -0.3 is 10.2 Å². The first kappa shape index (κ1) is 16.1. The molecule has 1 aliphatic rings. The van der Waals surface area contributed by atoms with Crippen LogP contribution in [0.2, 0.25) is 0 Å². The summed E-state index contributed by atoms with van der Waals surface area (Å²) in [5.74, 6) is -1.28. The first-order valence-electron chi connectivity index (χ1n) is 7.11. The Bertz CT molecular complexity index is 485. The third-order valence-corrected chi connectivity index (χ3v) is 4.15. The minimum Gasteiger partial charge on any atom is -0.348 e. The van der Waals surface area contributed by atoms with Crippen LogP contribution in [-0.2, 0) is 6.42 Å². The minimum absolute atomic E-state index is 0.0532. The highest BCUT2D eigenvalue weighted by molar-refractivity contribution is 7.80. The lowest BCUT2D eigenvalue weighted by Crippen LogP contribution is -2.46. The smallest absolute Gasteiger partial charge is 0.348 e. The van der Waals surface area contributed by atoms with Crippen molar-refractivity contribution in [3.05, 3.63) is 29.8 Å². The van der Waals surface area contributed by atoms with Crippen LogP contribution in [0.4, 0.5) is 18.9 Å². The van der Waals surface area contributed by atoms with Crippen molar-refractivity contribution in [2.75, 3.05) is 18.4 Å². The molecule has 2 nitrogen and oxygen atoms in total. The van der Waals surface area contributed by atoms with Crippen molar-refractivity contribution in [2.24, 2.45) is 5.92 Å². The molecule has 0 aromatic heterocycles. The van der Waals surface area contributed by atoms with E-state index < -0.39 is 12.1 Å². The van der Waals surface area contributed by atoms with Crippen LogP contribution in [0.15, 0.2) is 24.3 Å². The fourth-order valence-electron chi connectivity index (χ4n) is 2.46. The van der Waals surface area contributed by atoms with Crippen molar-refractivity contribution in [3.8, 4) is 0 Å². The molecular weight excluding hydrogens is 297 g/mol. The highest BCUT2D eigenvalue weighted by Crippen LogP contribution is 2.33. The summed E-state index contributed by atoms with van der Waals surface area (Å²) in [6, 6.07) is 7.77. The molecule has 1 saturated heterocycles. The average Bonchev–Trinajstić information content (AvgIpc) is 2.47. The second kappa shape index (κ2) is 6.64. The number of nitrogens with zero attached hydrogens (tertiary/aromatic N) is 1. The highest BCUT2D eigenvalue weighted by Gasteiger charge is 2.42. The average molecular weight is 316 g/mol. The maximum Gasteiger partial charge on any atom is 0.393 e. The van der Waals surface area contributed by atoms with E-state index in [1.165, 1.54) is 5.56 Å². The molecule has 0 amide bonds. The molecule has 0 saturated carbocycles. The number of aryl methyl sites for hydroxylation is 1. The summed E-state index contributed by atoms with van der Waals surface area (Å²) < 4.78 is 38.4. The molecular formula is C15H19F3N2S. The van der Waals surface area contributed by atoms with Crippen LogP contribution in [0.25, 0.3) is 0 Å². The molecule has 21 heavy (non-hydrogen) atoms. The molecule has 0 radical (unpaired) electrons. The van der Waals surface area contributed by atoms with Crippen LogP contribution < -0.4 is 5.32 Å². The Morgan fingerprint density at radius 2 is 2.00 bits per heavy atom. The molecule has 1 aliphatic heterocycles. The van der Waals surface area contributed by atoms with Crippen LogP contribution in [0.1, 0.15) is 25.3 Å². The van der Waals surface area contributed by atoms with Gasteiger partial charge in [-0.1, -0.05) is 19.1 Å². The minimum atomic E-state index is -4.14. The normalized spacial score (nSPS) is 19.4. The lowest BCUT2D eigenvalue weighted by Gasteiger charge is -2.35. The number of rotatable bonds is 2. The van der Waals surface area contributed by atoms with Gasteiger partial charge in [0.15, 0.2) is 5.11 Å². The Balaban J connectivity index is 1.96. The lowest BCUT2D eigenvalue weighted by atomic mass is 9.98. The summed E-state index contributed by atoms with van der Waals surface area (Å²) in [5, 5.41) is 3.39. The number of benzene rings is 1. The Morgan fingerprint density at radius 3 is 2.57 bits per heavy atom. The van der Waals surface area contributed by atoms with E-state index in [9.17, 15) is 13.2 Å². The van der Waals surface area contributed by atoms with Gasteiger partial charge in [0.1, 0.15) is 0 Å². The van der Waals surface area contributed by atoms with Gasteiger partial charge in [-0.3, -0.25) is 0 Å². The van der Waals surface area contributed by atoms with Crippen molar-refractivity contribution < 1.29 is 13.2 Å². The summed E-state index contributed by atoms with van der Waals surface area (Å²) in [7, 11) is 0. The fourth-order valence-corrected chi connectivity index (χ4v) is 2.74. The van der Waals surface area contributed by atoms with Gasteiger partial charge in [-0.15, -0.1) is 0 Å². The number of anilines is 1. The molecule has 1 fully saturated rings. The van der Waals surface area contributed by atoms with Gasteiger partial charge in [-0.2, -0.15) is 13.2 Å². The largest absolute Gasteiger partial charge is 0.393 e. The second-order valence-electron chi connectivity index (χ2n) is 5.31. The van der Waals surface area contributed by atoms with Gasteiger partial charge >= 0.3 is 6.18 Å². The third kappa shape index (κ3) is 4.33. The molecule has 116 valence electrons. The van der Waals surface area contributed by atoms with E-state index in [1.54, 1.807) is 4.90 Å². The molecule has 1 aromatic carbocycles. The van der Waals surface area contributed by atoms with Gasteiger partial charge in [0.2, 0.25) is 0 Å². The van der Waals surface area contributed by atoms with E-state index in [0.29, 0.717) is 18.1 Å². The van der Waals surface area contributed by atoms with Crippen molar-refractivity contribution in [1.82, 2.24) is 4.90 Å². The van der Waals surface area contributed by atoms with Gasteiger partial charge in [-0.25, -0.2) is 0 Å². The van der Waals surface area contributed by atoms with Gasteiger partial charge in [-0.05, 0) is 49.2 Å². The monoisotopic (exact) mass is 316 g/mol. The first-order chi connectivity index (χ1) is 9.90. The van der Waals surface area contributed by atoms with Gasteiger partial charge in [0, 0.05) is 18.8 Å². The summed E-state index contributed by atoms with van der Waals surface area (Å²) in [6.07, 6.45) is -2.49. The Morgan fingerprint density at radius 1 is 1.33 bits per heavy atom. The number of halogens is 3. The molecule has 1 N–H and O–H groups in total. The van der Waals surface area contributed by atoms with E-state index in [-0.39, 0.29) is 13.0 Å². The van der Waals surface area contributed by atoms with Gasteiger partial charge in [0.05, 0.1) is 5.92 Å². The molecule has 2 rings (SSSR count). The van der Waals surface area contributed by atoms with Crippen molar-refractivity contribution in [1.29, 1.82) is 0 Å². The molecule has 0 bridgehead atoms. The molecule has 0 unspecified atom stereocenters. The van der Waals surface area contributed by atoms with E-state index in [1.807, 2.05) is 24.3 Å². The van der Waals surface area contributed by atoms with Crippen LogP contribution in [-0.4, -0.2) is 29.3 Å². The van der Waals surface area contributed by atoms with Crippen LogP contribution in [0, 0.1) is 5.92 Å². The highest BCUT2D eigenvalue weighted by atomic mass is 32.1. The number of hydrogen-bond donors (Lipinski definition) is 1. The van der Waals surface area contributed by atoms with E-state index in [4.69, 9.17) is 12.2 Å². The first-order valence-corrected chi connectivity index (χ1v) is 7.52. The summed E-state index contributed by atoms with van der Waals surface area (Å²) in [5.41, 5.74) is 2.02. The molecule has 0 spiro atoms. The molecule has 6 heteroatoms. The zero-order valence-corrected chi connectivity index (χ0v) is 12.7. The number of piperidine rings is 1. The number of likely N-dealkylation sites (tertiary alicyclic amines) is 1. The van der Waals surface area contributed by atoms with E-state index in [0.717, 1.165) is 12.1 Å². The van der Waals surface area contributed by atoms with Crippen molar-refractivity contribution >= 4 is 23.0 Å². The lowest BCUT2D eigenvalue weighted by molar-refractivity contribution is -0.183. The Hall–Kier alpha value is -1.30. The molecule has 1 atom stereocenters. The van der Waals surface area contributed by atoms with Crippen LogP contribution in [0.5, 0.6) is 0 Å². The summed E-state index contributed by atoms with van der Waals surface area (Å²) in [4.78, 5) is 1.62. The van der Waals surface area contributed by atoms with Crippen LogP contribution in [0.3, 0.4) is 0 Å². The quantitative estimate of drug-likeness (QED) is 0.823. The zero-order valence-electron chi connectivity index (χ0n) is 11.9. The Kier molecular flexibility index (Phi) is 5.08. The van der Waals surface area contributed by atoms with Gasteiger partial charge in [0.25, 0.3) is 0 Å². The summed E-state index contributed by atoms with van der Waals surface area (Å²) >= 11 is 5.24. The predicted octanol–water partition coefficient (Wildman–Crippen LogP) is 4.22. The van der Waals surface area contributed by atoms with E-state index >= 15 is 0 Å². The SMILES string of the molecule is CCc1ccc(NC(=S)N2CCC[C@H](C(F)(F)F)C2)cc1. The summed E-state index contributed by atoms with van der Waals surface area (Å²) in [6.45, 7) is 2.59. The second-order valence-corrected chi connectivity index (χ2v) is 5.69. The fraction of sp³-hybridized carbons (Fsp3) is 0.533. The standard InChI is InChI=1S/C15H19F3N2S/c1-2-11-5-7-13(8-6-11)19-14(21)20-9-3-4-12(10-20)15(16,17)18/h5-8,12H,2-4,9-10H2,1H3,(H,19,21)/t12-/m0/s1. The van der Waals surface area contributed by atoms with E-state index in [2.05, 4.69) is 12.2 Å². The molecule has 1 heterocycles. The molecule has 0 aliphatic carbocycles. The predicted molar refractivity (Wildman–Crippen MR) is 82.4 cm³/mol. The number of nitrogens with one attached hydrogen (secondary N) is 1. The number of thiocarbonyl (C=S) groups is 1. The topological polar surface area (TPSA) is 15.3 Å². The van der Waals surface area contributed by atoms with Crippen LogP contribution >= 0.6 is 12.2 Å². The maximum absolute atomic E-state index is 12.8. The van der Waals surface area contributed by atoms with Crippen molar-refractivity contribution in [2.45, 2.75) is 32.4 Å². The third-order valence-electron chi connectivity index (χ3n) is 3.78.